The van der Waals surface area contributed by atoms with Gasteiger partial charge in [-0.3, -0.25) is 0 Å². The molecule has 1 heterocycles. The Balaban J connectivity index is 1.98. The maximum atomic E-state index is 12.4. The Kier molecular flexibility index (Phi) is 8.03. The number of hydrogen-bond donors (Lipinski definition) is 1. The lowest BCUT2D eigenvalue weighted by atomic mass is 9.99. The van der Waals surface area contributed by atoms with E-state index < -0.39 is 20.6 Å². The Morgan fingerprint density at radius 1 is 1.31 bits per heavy atom. The number of rotatable bonds is 7. The average Bonchev–Trinajstić information content (AvgIpc) is 2.70. The van der Waals surface area contributed by atoms with Crippen molar-refractivity contribution in [3.05, 3.63) is 41.5 Å². The summed E-state index contributed by atoms with van der Waals surface area (Å²) in [5, 5.41) is 10.3. The molecule has 1 N–H and O–H groups in total. The van der Waals surface area contributed by atoms with Crippen molar-refractivity contribution in [2.24, 2.45) is 0 Å². The Hall–Kier alpha value is -2.14. The number of hydrogen-bond acceptors (Lipinski definition) is 6. The van der Waals surface area contributed by atoms with Gasteiger partial charge in [0.1, 0.15) is 0 Å². The van der Waals surface area contributed by atoms with Crippen LogP contribution in [0.1, 0.15) is 50.7 Å². The van der Waals surface area contributed by atoms with Gasteiger partial charge in [0.2, 0.25) is 0 Å². The fourth-order valence-electron chi connectivity index (χ4n) is 2.87. The predicted molar refractivity (Wildman–Crippen MR) is 113 cm³/mol. The first-order chi connectivity index (χ1) is 13.7. The van der Waals surface area contributed by atoms with Gasteiger partial charge in [-0.15, -0.1) is 5.06 Å². The van der Waals surface area contributed by atoms with Gasteiger partial charge in [-0.25, -0.2) is 13.2 Å². The molecule has 1 aromatic rings. The van der Waals surface area contributed by atoms with Crippen LogP contribution in [-0.4, -0.2) is 55.3 Å². The number of hydroxylamine groups is 2. The molecule has 29 heavy (non-hydrogen) atoms. The molecule has 1 unspecified atom stereocenters. The van der Waals surface area contributed by atoms with Crippen molar-refractivity contribution in [1.29, 1.82) is 0 Å². The van der Waals surface area contributed by atoms with Crippen LogP contribution in [0.4, 0.5) is 0 Å². The molecular weight excluding hydrogens is 390 g/mol. The SMILES string of the molecule is CCC(C)(C(=O)ON1CC=C(c2ccc(C#CCCCO)cc2)CC1)S(C)(=O)=O. The second kappa shape index (κ2) is 10.1. The van der Waals surface area contributed by atoms with Gasteiger partial charge in [-0.05, 0) is 49.5 Å². The summed E-state index contributed by atoms with van der Waals surface area (Å²) in [6.45, 7) is 4.14. The van der Waals surface area contributed by atoms with Crippen molar-refractivity contribution in [3.8, 4) is 11.8 Å². The van der Waals surface area contributed by atoms with E-state index in [4.69, 9.17) is 9.94 Å². The molecule has 0 bridgehead atoms. The molecule has 0 spiro atoms. The van der Waals surface area contributed by atoms with Crippen LogP contribution in [0.15, 0.2) is 30.3 Å². The topological polar surface area (TPSA) is 83.9 Å². The summed E-state index contributed by atoms with van der Waals surface area (Å²) in [6.07, 6.45) is 5.26. The van der Waals surface area contributed by atoms with Crippen LogP contribution in [0.25, 0.3) is 5.57 Å². The third kappa shape index (κ3) is 5.92. The lowest BCUT2D eigenvalue weighted by molar-refractivity contribution is -0.191. The number of carbonyl (C=O) groups excluding carboxylic acids is 1. The van der Waals surface area contributed by atoms with E-state index in [1.165, 1.54) is 12.0 Å². The highest BCUT2D eigenvalue weighted by Gasteiger charge is 2.44. The second-order valence-corrected chi connectivity index (χ2v) is 9.75. The third-order valence-corrected chi connectivity index (χ3v) is 7.35. The van der Waals surface area contributed by atoms with Crippen LogP contribution in [-0.2, 0) is 19.5 Å². The quantitative estimate of drug-likeness (QED) is 0.540. The third-order valence-electron chi connectivity index (χ3n) is 5.26. The Bertz CT molecular complexity index is 909. The Labute approximate surface area is 173 Å². The van der Waals surface area contributed by atoms with E-state index >= 15 is 0 Å². The summed E-state index contributed by atoms with van der Waals surface area (Å²) in [5.74, 6) is 5.37. The van der Waals surface area contributed by atoms with Gasteiger partial charge in [0.15, 0.2) is 14.6 Å². The minimum atomic E-state index is -3.57. The summed E-state index contributed by atoms with van der Waals surface area (Å²) < 4.78 is 22.4. The molecular formula is C22H29NO5S. The standard InChI is InChI=1S/C22H29NO5S/c1-4-22(2,29(3,26)27)21(25)28-23-15-13-20(14-16-23)19-11-9-18(10-12-19)8-6-5-7-17-24/h9-13,24H,4-5,7,14-17H2,1-3H3. The van der Waals surface area contributed by atoms with Crippen molar-refractivity contribution in [2.75, 3.05) is 26.0 Å². The smallest absolute Gasteiger partial charge is 0.346 e. The van der Waals surface area contributed by atoms with E-state index in [0.717, 1.165) is 23.0 Å². The largest absolute Gasteiger partial charge is 0.396 e. The number of aliphatic hydroxyl groups is 1. The molecule has 1 aliphatic heterocycles. The maximum absolute atomic E-state index is 12.4. The molecule has 1 atom stereocenters. The van der Waals surface area contributed by atoms with Crippen LogP contribution in [0.3, 0.4) is 0 Å². The molecule has 7 heteroatoms. The van der Waals surface area contributed by atoms with Crippen LogP contribution in [0.2, 0.25) is 0 Å². The zero-order chi connectivity index (χ0) is 21.5. The first-order valence-corrected chi connectivity index (χ1v) is 11.7. The average molecular weight is 420 g/mol. The predicted octanol–water partition coefficient (Wildman–Crippen LogP) is 2.57. The van der Waals surface area contributed by atoms with Crippen molar-refractivity contribution in [3.63, 3.8) is 0 Å². The number of unbranched alkanes of at least 4 members (excludes halogenated alkanes) is 1. The molecule has 0 aromatic heterocycles. The lowest BCUT2D eigenvalue weighted by Gasteiger charge is -2.30. The summed E-state index contributed by atoms with van der Waals surface area (Å²) >= 11 is 0. The fourth-order valence-corrected chi connectivity index (χ4v) is 3.73. The van der Waals surface area contributed by atoms with Crippen molar-refractivity contribution in [1.82, 2.24) is 5.06 Å². The van der Waals surface area contributed by atoms with Gasteiger partial charge in [-0.2, -0.15) is 0 Å². The highest BCUT2D eigenvalue weighted by molar-refractivity contribution is 7.92. The van der Waals surface area contributed by atoms with Crippen molar-refractivity contribution < 1.29 is 23.2 Å². The van der Waals surface area contributed by atoms with Gasteiger partial charge in [0.25, 0.3) is 0 Å². The number of nitrogens with zero attached hydrogens (tertiary/aromatic N) is 1. The van der Waals surface area contributed by atoms with Crippen molar-refractivity contribution in [2.45, 2.75) is 44.3 Å². The maximum Gasteiger partial charge on any atom is 0.346 e. The first kappa shape index (κ1) is 23.1. The first-order valence-electron chi connectivity index (χ1n) is 9.77. The molecule has 1 aliphatic rings. The lowest BCUT2D eigenvalue weighted by Crippen LogP contribution is -2.47. The molecule has 0 saturated heterocycles. The summed E-state index contributed by atoms with van der Waals surface area (Å²) in [6, 6.07) is 7.96. The summed E-state index contributed by atoms with van der Waals surface area (Å²) in [5.41, 5.74) is 3.17. The van der Waals surface area contributed by atoms with E-state index in [2.05, 4.69) is 11.8 Å². The summed E-state index contributed by atoms with van der Waals surface area (Å²) in [7, 11) is -3.57. The zero-order valence-corrected chi connectivity index (χ0v) is 18.1. The second-order valence-electron chi connectivity index (χ2n) is 7.31. The number of sulfone groups is 1. The van der Waals surface area contributed by atoms with E-state index in [9.17, 15) is 13.2 Å². The monoisotopic (exact) mass is 419 g/mol. The van der Waals surface area contributed by atoms with Gasteiger partial charge in [0, 0.05) is 31.4 Å². The van der Waals surface area contributed by atoms with Crippen LogP contribution in [0, 0.1) is 11.8 Å². The zero-order valence-electron chi connectivity index (χ0n) is 17.3. The summed E-state index contributed by atoms with van der Waals surface area (Å²) in [4.78, 5) is 17.8. The number of aliphatic hydroxyl groups excluding tert-OH is 1. The van der Waals surface area contributed by atoms with Gasteiger partial charge in [-0.1, -0.05) is 37.0 Å². The van der Waals surface area contributed by atoms with E-state index in [-0.39, 0.29) is 13.0 Å². The van der Waals surface area contributed by atoms with Crippen molar-refractivity contribution >= 4 is 21.4 Å². The van der Waals surface area contributed by atoms with Crippen LogP contribution >= 0.6 is 0 Å². The highest BCUT2D eigenvalue weighted by atomic mass is 32.2. The van der Waals surface area contributed by atoms with Gasteiger partial charge in [0.05, 0.1) is 6.54 Å². The molecule has 0 amide bonds. The van der Waals surface area contributed by atoms with Crippen LogP contribution in [0.5, 0.6) is 0 Å². The highest BCUT2D eigenvalue weighted by Crippen LogP contribution is 2.26. The molecule has 0 radical (unpaired) electrons. The Morgan fingerprint density at radius 2 is 2.00 bits per heavy atom. The number of carbonyl (C=O) groups is 1. The molecule has 0 saturated carbocycles. The molecule has 0 aliphatic carbocycles. The molecule has 2 rings (SSSR count). The van der Waals surface area contributed by atoms with E-state index in [1.54, 1.807) is 6.92 Å². The molecule has 6 nitrogen and oxygen atoms in total. The molecule has 158 valence electrons. The Morgan fingerprint density at radius 3 is 2.52 bits per heavy atom. The minimum absolute atomic E-state index is 0.153. The van der Waals surface area contributed by atoms with E-state index in [0.29, 0.717) is 32.4 Å². The minimum Gasteiger partial charge on any atom is -0.396 e. The number of benzene rings is 1. The van der Waals surface area contributed by atoms with Gasteiger partial charge >= 0.3 is 5.97 Å². The normalized spacial score (nSPS) is 16.9. The van der Waals surface area contributed by atoms with E-state index in [1.807, 2.05) is 30.3 Å². The fraction of sp³-hybridized carbons (Fsp3) is 0.500. The molecule has 1 aromatic carbocycles. The van der Waals surface area contributed by atoms with Crippen LogP contribution < -0.4 is 0 Å². The van der Waals surface area contributed by atoms with Gasteiger partial charge < -0.3 is 9.94 Å². The molecule has 0 fully saturated rings.